The third-order valence-electron chi connectivity index (χ3n) is 4.39. The molecule has 3 aromatic rings. The molecule has 1 aromatic heterocycles. The predicted octanol–water partition coefficient (Wildman–Crippen LogP) is 3.76. The summed E-state index contributed by atoms with van der Waals surface area (Å²) in [5.41, 5.74) is 2.71. The Bertz CT molecular complexity index is 917. The van der Waals surface area contributed by atoms with Crippen LogP contribution in [-0.4, -0.2) is 29.9 Å². The summed E-state index contributed by atoms with van der Waals surface area (Å²) in [5.74, 6) is 1.76. The number of carbonyl (C=O) groups is 1. The topological polar surface area (TPSA) is 65.4 Å². The molecule has 27 heavy (non-hydrogen) atoms. The summed E-state index contributed by atoms with van der Waals surface area (Å²) < 4.78 is 12.5. The number of amides is 1. The van der Waals surface area contributed by atoms with Gasteiger partial charge >= 0.3 is 0 Å². The van der Waals surface area contributed by atoms with Crippen molar-refractivity contribution >= 4 is 11.7 Å². The second-order valence-electron chi connectivity index (χ2n) is 6.03. The average molecular weight is 365 g/mol. The van der Waals surface area contributed by atoms with E-state index in [0.29, 0.717) is 29.4 Å². The molecule has 0 aliphatic carbocycles. The van der Waals surface area contributed by atoms with Crippen LogP contribution in [0.2, 0.25) is 0 Å². The smallest absolute Gasteiger partial charge is 0.256 e. The van der Waals surface area contributed by atoms with Crippen LogP contribution in [0.25, 0.3) is 0 Å². The van der Waals surface area contributed by atoms with Gasteiger partial charge in [0, 0.05) is 17.2 Å². The predicted molar refractivity (Wildman–Crippen MR) is 105 cm³/mol. The fourth-order valence-corrected chi connectivity index (χ4v) is 2.88. The summed E-state index contributed by atoms with van der Waals surface area (Å²) in [6.45, 7) is 2.53. The number of rotatable bonds is 7. The van der Waals surface area contributed by atoms with Crippen LogP contribution in [0.3, 0.4) is 0 Å². The van der Waals surface area contributed by atoms with Crippen molar-refractivity contribution in [2.45, 2.75) is 19.9 Å². The summed E-state index contributed by atoms with van der Waals surface area (Å²) in [6, 6.07) is 15.0. The van der Waals surface area contributed by atoms with E-state index in [0.717, 1.165) is 12.0 Å². The third-order valence-corrected chi connectivity index (χ3v) is 4.39. The fourth-order valence-electron chi connectivity index (χ4n) is 2.88. The highest BCUT2D eigenvalue weighted by Gasteiger charge is 2.14. The second kappa shape index (κ2) is 8.40. The molecule has 0 saturated heterocycles. The molecule has 1 amide bonds. The molecular formula is C21H23N3O3. The van der Waals surface area contributed by atoms with Crippen LogP contribution < -0.4 is 14.8 Å². The Hall–Kier alpha value is -3.28. The molecule has 0 fully saturated rings. The number of ether oxygens (including phenoxy) is 2. The van der Waals surface area contributed by atoms with Crippen molar-refractivity contribution in [3.8, 4) is 11.5 Å². The highest BCUT2D eigenvalue weighted by molar-refractivity contribution is 6.03. The Labute approximate surface area is 158 Å². The molecule has 0 atom stereocenters. The highest BCUT2D eigenvalue weighted by Crippen LogP contribution is 2.31. The summed E-state index contributed by atoms with van der Waals surface area (Å²) in [4.78, 5) is 12.5. The number of aromatic nitrogens is 2. The van der Waals surface area contributed by atoms with E-state index in [1.165, 1.54) is 5.56 Å². The molecule has 1 heterocycles. The van der Waals surface area contributed by atoms with Gasteiger partial charge in [-0.25, -0.2) is 4.68 Å². The average Bonchev–Trinajstić information content (AvgIpc) is 3.14. The van der Waals surface area contributed by atoms with Crippen molar-refractivity contribution in [1.29, 1.82) is 0 Å². The van der Waals surface area contributed by atoms with Crippen LogP contribution in [0.5, 0.6) is 11.5 Å². The number of hydrogen-bond acceptors (Lipinski definition) is 4. The molecule has 0 unspecified atom stereocenters. The number of aryl methyl sites for hydroxylation is 1. The van der Waals surface area contributed by atoms with Gasteiger partial charge in [0.15, 0.2) is 11.5 Å². The first kappa shape index (κ1) is 18.5. The van der Waals surface area contributed by atoms with Gasteiger partial charge in [0.1, 0.15) is 5.82 Å². The molecule has 3 rings (SSSR count). The van der Waals surface area contributed by atoms with Crippen LogP contribution in [0, 0.1) is 0 Å². The quantitative estimate of drug-likeness (QED) is 0.692. The number of benzene rings is 2. The van der Waals surface area contributed by atoms with Crippen molar-refractivity contribution in [2.75, 3.05) is 19.5 Å². The summed E-state index contributed by atoms with van der Waals surface area (Å²) in [6.07, 6.45) is 2.60. The largest absolute Gasteiger partial charge is 0.493 e. The van der Waals surface area contributed by atoms with Gasteiger partial charge in [0.25, 0.3) is 5.91 Å². The molecule has 0 radical (unpaired) electrons. The molecule has 0 saturated carbocycles. The molecule has 6 nitrogen and oxygen atoms in total. The SMILES string of the molecule is CCc1ccc(C(=O)Nc2ccnn2Cc2cccc(OC)c2OC)cc1. The van der Waals surface area contributed by atoms with Crippen LogP contribution in [0.4, 0.5) is 5.82 Å². The number of anilines is 1. The van der Waals surface area contributed by atoms with E-state index in [4.69, 9.17) is 9.47 Å². The fraction of sp³-hybridized carbons (Fsp3) is 0.238. The minimum absolute atomic E-state index is 0.169. The van der Waals surface area contributed by atoms with Gasteiger partial charge in [-0.2, -0.15) is 5.10 Å². The zero-order valence-electron chi connectivity index (χ0n) is 15.7. The molecule has 0 aliphatic rings. The third kappa shape index (κ3) is 4.11. The summed E-state index contributed by atoms with van der Waals surface area (Å²) in [7, 11) is 3.21. The van der Waals surface area contributed by atoms with Gasteiger partial charge in [-0.1, -0.05) is 31.2 Å². The summed E-state index contributed by atoms with van der Waals surface area (Å²) in [5, 5.41) is 7.24. The molecule has 6 heteroatoms. The number of nitrogens with zero attached hydrogens (tertiary/aromatic N) is 2. The first-order valence-corrected chi connectivity index (χ1v) is 8.78. The molecule has 140 valence electrons. The molecule has 0 bridgehead atoms. The second-order valence-corrected chi connectivity index (χ2v) is 6.03. The van der Waals surface area contributed by atoms with Crippen molar-refractivity contribution in [3.63, 3.8) is 0 Å². The van der Waals surface area contributed by atoms with E-state index in [9.17, 15) is 4.79 Å². The van der Waals surface area contributed by atoms with E-state index in [-0.39, 0.29) is 5.91 Å². The minimum atomic E-state index is -0.169. The lowest BCUT2D eigenvalue weighted by atomic mass is 10.1. The summed E-state index contributed by atoms with van der Waals surface area (Å²) >= 11 is 0. The van der Waals surface area contributed by atoms with Crippen LogP contribution >= 0.6 is 0 Å². The van der Waals surface area contributed by atoms with E-state index in [1.807, 2.05) is 42.5 Å². The van der Waals surface area contributed by atoms with Gasteiger partial charge in [-0.15, -0.1) is 0 Å². The van der Waals surface area contributed by atoms with E-state index >= 15 is 0 Å². The van der Waals surface area contributed by atoms with Crippen molar-refractivity contribution in [1.82, 2.24) is 9.78 Å². The number of nitrogens with one attached hydrogen (secondary N) is 1. The van der Waals surface area contributed by atoms with Gasteiger partial charge in [0.2, 0.25) is 0 Å². The van der Waals surface area contributed by atoms with Gasteiger partial charge < -0.3 is 14.8 Å². The maximum atomic E-state index is 12.5. The normalized spacial score (nSPS) is 10.5. The molecule has 0 aliphatic heterocycles. The molecule has 2 aromatic carbocycles. The van der Waals surface area contributed by atoms with Crippen molar-refractivity contribution < 1.29 is 14.3 Å². The number of hydrogen-bond donors (Lipinski definition) is 1. The van der Waals surface area contributed by atoms with Crippen molar-refractivity contribution in [3.05, 3.63) is 71.4 Å². The monoisotopic (exact) mass is 365 g/mol. The maximum Gasteiger partial charge on any atom is 0.256 e. The first-order chi connectivity index (χ1) is 13.2. The maximum absolute atomic E-state index is 12.5. The van der Waals surface area contributed by atoms with Crippen LogP contribution in [0.15, 0.2) is 54.7 Å². The van der Waals surface area contributed by atoms with Gasteiger partial charge in [0.05, 0.1) is 27.0 Å². The number of para-hydroxylation sites is 1. The lowest BCUT2D eigenvalue weighted by Gasteiger charge is -2.14. The van der Waals surface area contributed by atoms with Crippen LogP contribution in [0.1, 0.15) is 28.4 Å². The first-order valence-electron chi connectivity index (χ1n) is 8.78. The van der Waals surface area contributed by atoms with E-state index in [2.05, 4.69) is 17.3 Å². The number of methoxy groups -OCH3 is 2. The molecule has 1 N–H and O–H groups in total. The minimum Gasteiger partial charge on any atom is -0.493 e. The van der Waals surface area contributed by atoms with Gasteiger partial charge in [-0.05, 0) is 30.2 Å². The highest BCUT2D eigenvalue weighted by atomic mass is 16.5. The Morgan fingerprint density at radius 2 is 1.85 bits per heavy atom. The molecular weight excluding hydrogens is 342 g/mol. The Kier molecular flexibility index (Phi) is 5.76. The van der Waals surface area contributed by atoms with E-state index in [1.54, 1.807) is 31.2 Å². The zero-order chi connectivity index (χ0) is 19.2. The van der Waals surface area contributed by atoms with E-state index < -0.39 is 0 Å². The van der Waals surface area contributed by atoms with Gasteiger partial charge in [-0.3, -0.25) is 4.79 Å². The Morgan fingerprint density at radius 3 is 2.52 bits per heavy atom. The lowest BCUT2D eigenvalue weighted by molar-refractivity contribution is 0.102. The van der Waals surface area contributed by atoms with Crippen LogP contribution in [-0.2, 0) is 13.0 Å². The molecule has 0 spiro atoms. The van der Waals surface area contributed by atoms with Crippen molar-refractivity contribution in [2.24, 2.45) is 0 Å². The Morgan fingerprint density at radius 1 is 1.07 bits per heavy atom. The number of carbonyl (C=O) groups excluding carboxylic acids is 1. The Balaban J connectivity index is 1.79. The zero-order valence-corrected chi connectivity index (χ0v) is 15.7. The standard InChI is InChI=1S/C21H23N3O3/c1-4-15-8-10-16(11-9-15)21(25)23-19-12-13-22-24(19)14-17-6-5-7-18(26-2)20(17)27-3/h5-13H,4,14H2,1-3H3,(H,23,25). The lowest BCUT2D eigenvalue weighted by Crippen LogP contribution is -2.16.